The third-order valence-electron chi connectivity index (χ3n) is 1.30. The predicted octanol–water partition coefficient (Wildman–Crippen LogP) is 1.21. The minimum Gasteiger partial charge on any atom is -0.315 e. The Morgan fingerprint density at radius 2 is 2.00 bits per heavy atom. The summed E-state index contributed by atoms with van der Waals surface area (Å²) in [5, 5.41) is 3.13. The highest BCUT2D eigenvalue weighted by atomic mass is 14.9. The van der Waals surface area contributed by atoms with E-state index in [4.69, 9.17) is 0 Å². The molecular weight excluding hydrogens is 86.1 g/mol. The van der Waals surface area contributed by atoms with Gasteiger partial charge in [-0.05, 0) is 27.3 Å². The first-order valence-electron chi connectivity index (χ1n) is 2.60. The van der Waals surface area contributed by atoms with Gasteiger partial charge >= 0.3 is 0 Å². The average Bonchev–Trinajstić information content (AvgIpc) is 1.68. The molecule has 0 unspecified atom stereocenters. The van der Waals surface area contributed by atoms with Crippen LogP contribution in [0.4, 0.5) is 0 Å². The second-order valence-electron chi connectivity index (χ2n) is 2.38. The number of hydrogen-bond donors (Lipinski definition) is 1. The molecule has 1 radical (unpaired) electrons. The van der Waals surface area contributed by atoms with Gasteiger partial charge in [-0.25, -0.2) is 0 Å². The summed E-state index contributed by atoms with van der Waals surface area (Å²) < 4.78 is 0. The van der Waals surface area contributed by atoms with Crippen LogP contribution < -0.4 is 5.32 Å². The van der Waals surface area contributed by atoms with Gasteiger partial charge < -0.3 is 5.32 Å². The SMILES string of the molecule is [CH2]CC(C)(C)NC. The molecule has 0 saturated heterocycles. The van der Waals surface area contributed by atoms with E-state index >= 15 is 0 Å². The molecule has 0 aromatic rings. The van der Waals surface area contributed by atoms with Crippen LogP contribution in [-0.2, 0) is 0 Å². The van der Waals surface area contributed by atoms with Gasteiger partial charge in [0, 0.05) is 5.54 Å². The smallest absolute Gasteiger partial charge is 0.0122 e. The lowest BCUT2D eigenvalue weighted by Gasteiger charge is -2.20. The second kappa shape index (κ2) is 2.31. The summed E-state index contributed by atoms with van der Waals surface area (Å²) in [5.41, 5.74) is 0.222. The van der Waals surface area contributed by atoms with Crippen LogP contribution >= 0.6 is 0 Å². The van der Waals surface area contributed by atoms with Crippen LogP contribution in [0.5, 0.6) is 0 Å². The monoisotopic (exact) mass is 100 g/mol. The van der Waals surface area contributed by atoms with Crippen LogP contribution in [0.25, 0.3) is 0 Å². The van der Waals surface area contributed by atoms with Gasteiger partial charge in [-0.3, -0.25) is 0 Å². The quantitative estimate of drug-likeness (QED) is 0.550. The van der Waals surface area contributed by atoms with Gasteiger partial charge in [0.05, 0.1) is 0 Å². The van der Waals surface area contributed by atoms with Gasteiger partial charge in [-0.1, -0.05) is 6.92 Å². The van der Waals surface area contributed by atoms with E-state index in [9.17, 15) is 0 Å². The molecule has 0 amide bonds. The van der Waals surface area contributed by atoms with Gasteiger partial charge in [0.2, 0.25) is 0 Å². The third kappa shape index (κ3) is 2.63. The molecular formula is C6H14N. The summed E-state index contributed by atoms with van der Waals surface area (Å²) in [6.45, 7) is 8.02. The molecule has 0 fully saturated rings. The molecule has 1 nitrogen and oxygen atoms in total. The molecule has 0 aromatic carbocycles. The van der Waals surface area contributed by atoms with Crippen molar-refractivity contribution in [1.82, 2.24) is 5.32 Å². The van der Waals surface area contributed by atoms with E-state index in [0.29, 0.717) is 0 Å². The second-order valence-corrected chi connectivity index (χ2v) is 2.38. The van der Waals surface area contributed by atoms with E-state index in [1.807, 2.05) is 7.05 Å². The van der Waals surface area contributed by atoms with Crippen LogP contribution in [0.3, 0.4) is 0 Å². The van der Waals surface area contributed by atoms with Gasteiger partial charge in [0.15, 0.2) is 0 Å². The van der Waals surface area contributed by atoms with Crippen molar-refractivity contribution in [2.75, 3.05) is 7.05 Å². The van der Waals surface area contributed by atoms with Crippen molar-refractivity contribution >= 4 is 0 Å². The number of nitrogens with one attached hydrogen (secondary N) is 1. The normalized spacial score (nSPS) is 12.0. The zero-order valence-electron chi connectivity index (χ0n) is 5.41. The highest BCUT2D eigenvalue weighted by Gasteiger charge is 2.08. The first-order valence-corrected chi connectivity index (χ1v) is 2.60. The Hall–Kier alpha value is -0.0400. The van der Waals surface area contributed by atoms with Crippen molar-refractivity contribution in [2.45, 2.75) is 25.8 Å². The standard InChI is InChI=1S/C6H14N/c1-5-6(2,3)7-4/h7H,1,5H2,2-4H3. The molecule has 0 aliphatic heterocycles. The van der Waals surface area contributed by atoms with E-state index in [0.717, 1.165) is 6.42 Å². The van der Waals surface area contributed by atoms with E-state index in [-0.39, 0.29) is 5.54 Å². The molecule has 1 N–H and O–H groups in total. The van der Waals surface area contributed by atoms with Crippen molar-refractivity contribution < 1.29 is 0 Å². The largest absolute Gasteiger partial charge is 0.315 e. The Morgan fingerprint density at radius 3 is 2.00 bits per heavy atom. The molecule has 0 rings (SSSR count). The summed E-state index contributed by atoms with van der Waals surface area (Å²) in [6, 6.07) is 0. The first-order chi connectivity index (χ1) is 3.12. The van der Waals surface area contributed by atoms with Gasteiger partial charge in [-0.15, -0.1) is 0 Å². The fourth-order valence-corrected chi connectivity index (χ4v) is 0.125. The lowest BCUT2D eigenvalue weighted by atomic mass is 10.0. The lowest BCUT2D eigenvalue weighted by Crippen LogP contribution is -2.34. The molecule has 0 aliphatic carbocycles. The van der Waals surface area contributed by atoms with E-state index in [1.54, 1.807) is 0 Å². The maximum absolute atomic E-state index is 3.77. The topological polar surface area (TPSA) is 12.0 Å². The molecule has 7 heavy (non-hydrogen) atoms. The molecule has 1 heteroatoms. The van der Waals surface area contributed by atoms with Gasteiger partial charge in [0.25, 0.3) is 0 Å². The summed E-state index contributed by atoms with van der Waals surface area (Å²) in [7, 11) is 1.95. The Labute approximate surface area is 46.1 Å². The Morgan fingerprint density at radius 1 is 1.57 bits per heavy atom. The summed E-state index contributed by atoms with van der Waals surface area (Å²) in [5.74, 6) is 0. The van der Waals surface area contributed by atoms with Gasteiger partial charge in [-0.2, -0.15) is 0 Å². The maximum atomic E-state index is 3.77. The van der Waals surface area contributed by atoms with Gasteiger partial charge in [0.1, 0.15) is 0 Å². The maximum Gasteiger partial charge on any atom is 0.0122 e. The van der Waals surface area contributed by atoms with Crippen LogP contribution in [0, 0.1) is 6.92 Å². The molecule has 0 heterocycles. The Bertz CT molecular complexity index is 42.1. The number of hydrogen-bond acceptors (Lipinski definition) is 1. The summed E-state index contributed by atoms with van der Waals surface area (Å²) in [6.07, 6.45) is 0.934. The molecule has 0 aliphatic rings. The molecule has 0 atom stereocenters. The summed E-state index contributed by atoms with van der Waals surface area (Å²) in [4.78, 5) is 0. The average molecular weight is 100 g/mol. The van der Waals surface area contributed by atoms with E-state index in [2.05, 4.69) is 26.1 Å². The fourth-order valence-electron chi connectivity index (χ4n) is 0.125. The molecule has 43 valence electrons. The molecule has 0 aromatic heterocycles. The van der Waals surface area contributed by atoms with Crippen molar-refractivity contribution in [2.24, 2.45) is 0 Å². The zero-order valence-corrected chi connectivity index (χ0v) is 5.41. The van der Waals surface area contributed by atoms with Crippen LogP contribution in [0.15, 0.2) is 0 Å². The van der Waals surface area contributed by atoms with E-state index in [1.165, 1.54) is 0 Å². The summed E-state index contributed by atoms with van der Waals surface area (Å²) >= 11 is 0. The number of rotatable bonds is 2. The Balaban J connectivity index is 3.36. The highest BCUT2D eigenvalue weighted by molar-refractivity contribution is 4.75. The van der Waals surface area contributed by atoms with Crippen molar-refractivity contribution in [3.05, 3.63) is 6.92 Å². The third-order valence-corrected chi connectivity index (χ3v) is 1.30. The van der Waals surface area contributed by atoms with Crippen molar-refractivity contribution in [3.8, 4) is 0 Å². The van der Waals surface area contributed by atoms with Crippen LogP contribution in [0.1, 0.15) is 20.3 Å². The fraction of sp³-hybridized carbons (Fsp3) is 0.833. The first kappa shape index (κ1) is 6.96. The van der Waals surface area contributed by atoms with Crippen LogP contribution in [0.2, 0.25) is 0 Å². The lowest BCUT2D eigenvalue weighted by molar-refractivity contribution is 0.428. The molecule has 0 bridgehead atoms. The highest BCUT2D eigenvalue weighted by Crippen LogP contribution is 2.03. The predicted molar refractivity (Wildman–Crippen MR) is 33.1 cm³/mol. The Kier molecular flexibility index (Phi) is 2.30. The van der Waals surface area contributed by atoms with E-state index < -0.39 is 0 Å². The zero-order chi connectivity index (χ0) is 5.91. The molecule has 0 saturated carbocycles. The molecule has 0 spiro atoms. The van der Waals surface area contributed by atoms with Crippen molar-refractivity contribution in [3.63, 3.8) is 0 Å². The van der Waals surface area contributed by atoms with Crippen molar-refractivity contribution in [1.29, 1.82) is 0 Å². The minimum atomic E-state index is 0.222. The minimum absolute atomic E-state index is 0.222. The van der Waals surface area contributed by atoms with Crippen LogP contribution in [-0.4, -0.2) is 12.6 Å².